The van der Waals surface area contributed by atoms with Gasteiger partial charge in [0.1, 0.15) is 6.10 Å². The number of fused-ring (bicyclic) bond motifs is 5. The van der Waals surface area contributed by atoms with E-state index in [1.807, 2.05) is 0 Å². The fraction of sp³-hybridized carbons (Fsp3) is 0.750. The first-order chi connectivity index (χ1) is 6.75. The van der Waals surface area contributed by atoms with Crippen LogP contribution < -0.4 is 0 Å². The molecule has 2 bridgehead atoms. The molecule has 5 unspecified atom stereocenters. The summed E-state index contributed by atoms with van der Waals surface area (Å²) in [7, 11) is 0. The first kappa shape index (κ1) is 8.51. The van der Waals surface area contributed by atoms with Crippen LogP contribution in [0, 0.1) is 23.7 Å². The minimum absolute atomic E-state index is 0.106. The van der Waals surface area contributed by atoms with E-state index in [9.17, 15) is 4.79 Å². The van der Waals surface area contributed by atoms with Gasteiger partial charge in [0, 0.05) is 6.92 Å². The van der Waals surface area contributed by atoms with Crippen molar-refractivity contribution in [1.82, 2.24) is 0 Å². The van der Waals surface area contributed by atoms with E-state index >= 15 is 0 Å². The Morgan fingerprint density at radius 2 is 2.21 bits per heavy atom. The van der Waals surface area contributed by atoms with Crippen LogP contribution in [-0.2, 0) is 9.53 Å². The molecule has 2 nitrogen and oxygen atoms in total. The van der Waals surface area contributed by atoms with Crippen molar-refractivity contribution in [2.24, 2.45) is 23.7 Å². The van der Waals surface area contributed by atoms with Crippen LogP contribution in [0.2, 0.25) is 0 Å². The van der Waals surface area contributed by atoms with Gasteiger partial charge < -0.3 is 4.74 Å². The van der Waals surface area contributed by atoms with Crippen LogP contribution in [0.3, 0.4) is 0 Å². The number of hydrogen-bond acceptors (Lipinski definition) is 2. The quantitative estimate of drug-likeness (QED) is 0.363. The van der Waals surface area contributed by atoms with Gasteiger partial charge in [-0.05, 0) is 42.9 Å². The van der Waals surface area contributed by atoms with Gasteiger partial charge in [-0.15, -0.1) is 0 Å². The molecule has 2 fully saturated rings. The van der Waals surface area contributed by atoms with E-state index < -0.39 is 0 Å². The van der Waals surface area contributed by atoms with E-state index in [4.69, 9.17) is 4.74 Å². The van der Waals surface area contributed by atoms with Gasteiger partial charge in [-0.3, -0.25) is 4.79 Å². The van der Waals surface area contributed by atoms with Crippen LogP contribution in [-0.4, -0.2) is 12.1 Å². The Balaban J connectivity index is 1.75. The highest BCUT2D eigenvalue weighted by Gasteiger charge is 2.53. The SMILES string of the molecule is [13CH3][13C](=O)OC1CC2CC1C1CC=CC21. The van der Waals surface area contributed by atoms with Crippen LogP contribution in [0.15, 0.2) is 12.2 Å². The summed E-state index contributed by atoms with van der Waals surface area (Å²) in [5.41, 5.74) is 0. The van der Waals surface area contributed by atoms with Crippen LogP contribution in [0.1, 0.15) is 26.2 Å². The van der Waals surface area contributed by atoms with E-state index in [1.165, 1.54) is 19.8 Å². The Morgan fingerprint density at radius 1 is 1.36 bits per heavy atom. The molecule has 0 amide bonds. The van der Waals surface area contributed by atoms with E-state index in [0.717, 1.165) is 24.2 Å². The highest BCUT2D eigenvalue weighted by Crippen LogP contribution is 2.57. The first-order valence-electron chi connectivity index (χ1n) is 5.59. The Labute approximate surface area is 84.3 Å². The molecule has 3 aliphatic rings. The number of allylic oxidation sites excluding steroid dienone is 2. The fourth-order valence-corrected chi connectivity index (χ4v) is 3.84. The molecule has 2 heteroatoms. The largest absolute Gasteiger partial charge is 0.462 e. The van der Waals surface area contributed by atoms with E-state index in [0.29, 0.717) is 5.92 Å². The summed E-state index contributed by atoms with van der Waals surface area (Å²) in [4.78, 5) is 10.9. The topological polar surface area (TPSA) is 26.3 Å². The third kappa shape index (κ3) is 1.06. The van der Waals surface area contributed by atoms with Crippen molar-refractivity contribution in [2.45, 2.75) is 32.3 Å². The maximum atomic E-state index is 10.9. The van der Waals surface area contributed by atoms with Crippen molar-refractivity contribution < 1.29 is 9.53 Å². The lowest BCUT2D eigenvalue weighted by atomic mass is 9.80. The van der Waals surface area contributed by atoms with Crippen molar-refractivity contribution >= 4 is 5.97 Å². The van der Waals surface area contributed by atoms with Gasteiger partial charge in [-0.1, -0.05) is 12.2 Å². The zero-order valence-electron chi connectivity index (χ0n) is 8.48. The minimum atomic E-state index is -0.106. The number of carbonyl (C=O) groups excluding carboxylic acids is 1. The smallest absolute Gasteiger partial charge is 0.302 e. The first-order valence-corrected chi connectivity index (χ1v) is 5.59. The maximum Gasteiger partial charge on any atom is 0.302 e. The van der Waals surface area contributed by atoms with Crippen molar-refractivity contribution in [1.29, 1.82) is 0 Å². The fourth-order valence-electron chi connectivity index (χ4n) is 3.84. The third-order valence-corrected chi connectivity index (χ3v) is 4.26. The molecule has 0 aromatic heterocycles. The summed E-state index contributed by atoms with van der Waals surface area (Å²) in [5, 5.41) is 0. The van der Waals surface area contributed by atoms with E-state index in [1.54, 1.807) is 0 Å². The number of ether oxygens (including phenoxy) is 1. The van der Waals surface area contributed by atoms with Gasteiger partial charge in [-0.2, -0.15) is 0 Å². The second-order valence-corrected chi connectivity index (χ2v) is 4.95. The molecule has 14 heavy (non-hydrogen) atoms. The van der Waals surface area contributed by atoms with Crippen LogP contribution in [0.5, 0.6) is 0 Å². The van der Waals surface area contributed by atoms with Crippen molar-refractivity contribution in [2.75, 3.05) is 0 Å². The van der Waals surface area contributed by atoms with E-state index in [-0.39, 0.29) is 12.1 Å². The summed E-state index contributed by atoms with van der Waals surface area (Å²) in [5.74, 6) is 2.95. The summed E-state index contributed by atoms with van der Waals surface area (Å²) >= 11 is 0. The molecule has 3 rings (SSSR count). The molecule has 0 aliphatic heterocycles. The molecule has 0 saturated heterocycles. The lowest BCUT2D eigenvalue weighted by molar-refractivity contribution is -0.150. The van der Waals surface area contributed by atoms with Crippen LogP contribution >= 0.6 is 0 Å². The van der Waals surface area contributed by atoms with Crippen molar-refractivity contribution in [3.05, 3.63) is 12.2 Å². The highest BCUT2D eigenvalue weighted by atomic mass is 16.6. The summed E-state index contributed by atoms with van der Waals surface area (Å²) in [6.45, 7) is 1.52. The van der Waals surface area contributed by atoms with E-state index in [2.05, 4.69) is 12.2 Å². The molecule has 76 valence electrons. The van der Waals surface area contributed by atoms with Gasteiger partial charge in [0.25, 0.3) is 0 Å². The maximum absolute atomic E-state index is 10.9. The lowest BCUT2D eigenvalue weighted by Gasteiger charge is -2.30. The zero-order chi connectivity index (χ0) is 9.71. The molecular formula is C12H16O2. The Hall–Kier alpha value is -0.790. The van der Waals surface area contributed by atoms with Crippen LogP contribution in [0.4, 0.5) is 0 Å². The monoisotopic (exact) mass is 194 g/mol. The molecule has 0 radical (unpaired) electrons. The van der Waals surface area contributed by atoms with Gasteiger partial charge in [0.05, 0.1) is 0 Å². The molecular weight excluding hydrogens is 178 g/mol. The zero-order valence-corrected chi connectivity index (χ0v) is 8.48. The van der Waals surface area contributed by atoms with Gasteiger partial charge in [0.15, 0.2) is 0 Å². The van der Waals surface area contributed by atoms with Crippen LogP contribution in [0.25, 0.3) is 0 Å². The Kier molecular flexibility index (Phi) is 1.73. The standard InChI is InChI=1S/C12H16O2/c1-7(13)14-12-6-8-5-11(12)10-4-2-3-9(8)10/h2-3,8-12H,4-6H2,1H3/i1+1,7+1. The van der Waals surface area contributed by atoms with Crippen molar-refractivity contribution in [3.63, 3.8) is 0 Å². The second-order valence-electron chi connectivity index (χ2n) is 4.95. The Morgan fingerprint density at radius 3 is 3.00 bits per heavy atom. The number of esters is 1. The average Bonchev–Trinajstić information content (AvgIpc) is 2.68. The third-order valence-electron chi connectivity index (χ3n) is 4.26. The predicted molar refractivity (Wildman–Crippen MR) is 52.5 cm³/mol. The second kappa shape index (κ2) is 2.85. The molecule has 0 heterocycles. The molecule has 5 atom stereocenters. The number of hydrogen-bond donors (Lipinski definition) is 0. The van der Waals surface area contributed by atoms with Gasteiger partial charge in [0.2, 0.25) is 0 Å². The lowest BCUT2D eigenvalue weighted by Crippen LogP contribution is -2.31. The average molecular weight is 194 g/mol. The summed E-state index contributed by atoms with van der Waals surface area (Å²) in [6.07, 6.45) is 8.54. The number of rotatable bonds is 1. The number of carbonyl (C=O) groups is 1. The molecule has 0 aromatic carbocycles. The molecule has 3 aliphatic carbocycles. The summed E-state index contributed by atoms with van der Waals surface area (Å²) < 4.78 is 5.39. The minimum Gasteiger partial charge on any atom is -0.462 e. The molecule has 2 saturated carbocycles. The molecule has 0 N–H and O–H groups in total. The van der Waals surface area contributed by atoms with Gasteiger partial charge in [-0.25, -0.2) is 0 Å². The molecule has 0 aromatic rings. The van der Waals surface area contributed by atoms with Gasteiger partial charge >= 0.3 is 5.97 Å². The predicted octanol–water partition coefficient (Wildman–Crippen LogP) is 2.15. The summed E-state index contributed by atoms with van der Waals surface area (Å²) in [6, 6.07) is 0. The molecule has 0 spiro atoms. The normalized spacial score (nSPS) is 48.2. The van der Waals surface area contributed by atoms with Crippen molar-refractivity contribution in [3.8, 4) is 0 Å². The Bertz CT molecular complexity index is 295. The highest BCUT2D eigenvalue weighted by molar-refractivity contribution is 5.66.